The lowest BCUT2D eigenvalue weighted by Crippen LogP contribution is -2.23. The molecule has 7 nitrogen and oxygen atoms in total. The summed E-state index contributed by atoms with van der Waals surface area (Å²) in [5.74, 6) is 0.723. The highest BCUT2D eigenvalue weighted by molar-refractivity contribution is 6.10. The maximum atomic E-state index is 12.7. The molecule has 1 atom stereocenters. The Bertz CT molecular complexity index is 1110. The minimum absolute atomic E-state index is 0.268. The third kappa shape index (κ3) is 3.87. The van der Waals surface area contributed by atoms with E-state index in [1.54, 1.807) is 31.3 Å². The number of nitrogens with one attached hydrogen (secondary N) is 1. The molecule has 0 saturated carbocycles. The molecule has 1 aliphatic rings. The zero-order valence-corrected chi connectivity index (χ0v) is 16.6. The fraction of sp³-hybridized carbons (Fsp3) is 0.217. The molecule has 2 heterocycles. The summed E-state index contributed by atoms with van der Waals surface area (Å²) in [4.78, 5) is 28.0. The Balaban J connectivity index is 1.45. The number of ether oxygens (including phenoxy) is 4. The van der Waals surface area contributed by atoms with Crippen molar-refractivity contribution in [3.8, 4) is 17.2 Å². The van der Waals surface area contributed by atoms with Crippen LogP contribution in [-0.4, -0.2) is 43.2 Å². The number of hydrogen-bond donors (Lipinski definition) is 1. The molecule has 1 N–H and O–H groups in total. The first-order valence-corrected chi connectivity index (χ1v) is 9.53. The number of aromatic amines is 1. The number of H-pyrrole nitrogens is 1. The van der Waals surface area contributed by atoms with Crippen LogP contribution >= 0.6 is 0 Å². The molecule has 0 unspecified atom stereocenters. The normalized spacial score (nSPS) is 13.9. The van der Waals surface area contributed by atoms with E-state index in [1.165, 1.54) is 13.2 Å². The van der Waals surface area contributed by atoms with Gasteiger partial charge in [0.1, 0.15) is 13.2 Å². The molecule has 2 aromatic carbocycles. The number of carbonyl (C=O) groups is 2. The van der Waals surface area contributed by atoms with Gasteiger partial charge >= 0.3 is 5.97 Å². The van der Waals surface area contributed by atoms with Crippen molar-refractivity contribution in [2.24, 2.45) is 0 Å². The molecule has 154 valence electrons. The third-order valence-corrected chi connectivity index (χ3v) is 4.78. The summed E-state index contributed by atoms with van der Waals surface area (Å²) in [5, 5.41) is 0.796. The summed E-state index contributed by atoms with van der Waals surface area (Å²) in [7, 11) is 1.54. The Labute approximate surface area is 173 Å². The van der Waals surface area contributed by atoms with Gasteiger partial charge in [-0.2, -0.15) is 0 Å². The molecule has 1 aromatic heterocycles. The van der Waals surface area contributed by atoms with Gasteiger partial charge < -0.3 is 23.9 Å². The van der Waals surface area contributed by atoms with Gasteiger partial charge in [-0.05, 0) is 36.8 Å². The topological polar surface area (TPSA) is 86.9 Å². The van der Waals surface area contributed by atoms with Crippen molar-refractivity contribution >= 4 is 28.7 Å². The number of aromatic nitrogens is 1. The molecule has 7 heteroatoms. The van der Waals surface area contributed by atoms with Gasteiger partial charge in [-0.1, -0.05) is 18.2 Å². The Morgan fingerprint density at radius 1 is 1.17 bits per heavy atom. The predicted molar refractivity (Wildman–Crippen MR) is 111 cm³/mol. The first-order chi connectivity index (χ1) is 14.6. The van der Waals surface area contributed by atoms with E-state index >= 15 is 0 Å². The van der Waals surface area contributed by atoms with E-state index in [0.717, 1.165) is 10.9 Å². The number of hydrogen-bond acceptors (Lipinski definition) is 6. The molecule has 4 rings (SSSR count). The van der Waals surface area contributed by atoms with Gasteiger partial charge in [-0.3, -0.25) is 4.79 Å². The Kier molecular flexibility index (Phi) is 5.43. The predicted octanol–water partition coefficient (Wildman–Crippen LogP) is 3.78. The second-order valence-electron chi connectivity index (χ2n) is 6.77. The van der Waals surface area contributed by atoms with Crippen molar-refractivity contribution in [2.75, 3.05) is 20.3 Å². The highest BCUT2D eigenvalue weighted by Crippen LogP contribution is 2.40. The van der Waals surface area contributed by atoms with Crippen LogP contribution in [0.25, 0.3) is 17.0 Å². The van der Waals surface area contributed by atoms with Crippen LogP contribution in [-0.2, 0) is 9.53 Å². The van der Waals surface area contributed by atoms with Crippen molar-refractivity contribution in [2.45, 2.75) is 13.0 Å². The smallest absolute Gasteiger partial charge is 0.331 e. The maximum Gasteiger partial charge on any atom is 0.331 e. The molecule has 0 bridgehead atoms. The minimum Gasteiger partial charge on any atom is -0.493 e. The van der Waals surface area contributed by atoms with Crippen LogP contribution in [0.3, 0.4) is 0 Å². The first kappa shape index (κ1) is 19.6. The summed E-state index contributed by atoms with van der Waals surface area (Å²) < 4.78 is 21.8. The number of rotatable bonds is 6. The summed E-state index contributed by atoms with van der Waals surface area (Å²) in [5.41, 5.74) is 2.03. The fourth-order valence-electron chi connectivity index (χ4n) is 3.32. The largest absolute Gasteiger partial charge is 0.493 e. The molecular weight excluding hydrogens is 386 g/mol. The zero-order valence-electron chi connectivity index (χ0n) is 16.6. The number of fused-ring (bicyclic) bond motifs is 2. The number of benzene rings is 2. The van der Waals surface area contributed by atoms with Gasteiger partial charge in [0.25, 0.3) is 0 Å². The molecule has 0 saturated heterocycles. The fourth-order valence-corrected chi connectivity index (χ4v) is 3.32. The minimum atomic E-state index is -0.920. The molecule has 1 aliphatic heterocycles. The van der Waals surface area contributed by atoms with Crippen molar-refractivity contribution in [3.05, 3.63) is 59.8 Å². The number of Topliss-reactive ketones (excluding diaryl/α,β-unsaturated/α-hetero) is 1. The lowest BCUT2D eigenvalue weighted by atomic mass is 10.1. The van der Waals surface area contributed by atoms with Crippen LogP contribution < -0.4 is 14.2 Å². The monoisotopic (exact) mass is 407 g/mol. The van der Waals surface area contributed by atoms with Gasteiger partial charge in [-0.15, -0.1) is 0 Å². The van der Waals surface area contributed by atoms with Crippen LogP contribution in [0.2, 0.25) is 0 Å². The Morgan fingerprint density at radius 3 is 2.80 bits per heavy atom. The summed E-state index contributed by atoms with van der Waals surface area (Å²) >= 11 is 0. The molecule has 0 fully saturated rings. The second kappa shape index (κ2) is 8.32. The van der Waals surface area contributed by atoms with Crippen LogP contribution in [0.15, 0.2) is 48.7 Å². The van der Waals surface area contributed by atoms with Crippen molar-refractivity contribution in [1.82, 2.24) is 4.98 Å². The summed E-state index contributed by atoms with van der Waals surface area (Å²) in [6.45, 7) is 2.45. The van der Waals surface area contributed by atoms with Crippen LogP contribution in [0.5, 0.6) is 17.2 Å². The van der Waals surface area contributed by atoms with E-state index in [-0.39, 0.29) is 5.78 Å². The molecule has 3 aromatic rings. The second-order valence-corrected chi connectivity index (χ2v) is 6.77. The SMILES string of the molecule is COc1cc(/C=C/C(=O)O[C@@H](C)C(=O)c2c[nH]c3ccccc23)cc2c1OCCO2. The number of carbonyl (C=O) groups excluding carboxylic acids is 2. The van der Waals surface area contributed by atoms with Gasteiger partial charge in [0, 0.05) is 28.7 Å². The van der Waals surface area contributed by atoms with E-state index in [1.807, 2.05) is 24.3 Å². The van der Waals surface area contributed by atoms with Gasteiger partial charge in [0.2, 0.25) is 11.5 Å². The standard InChI is InChI=1S/C23H21NO6/c1-14(22(26)17-13-24-18-6-4-3-5-16(17)18)30-21(25)8-7-15-11-19(27-2)23-20(12-15)28-9-10-29-23/h3-8,11-14,24H,9-10H2,1-2H3/b8-7+/t14-/m0/s1. The average molecular weight is 407 g/mol. The number of esters is 1. The van der Waals surface area contributed by atoms with Gasteiger partial charge in [-0.25, -0.2) is 4.79 Å². The van der Waals surface area contributed by atoms with Crippen molar-refractivity contribution in [1.29, 1.82) is 0 Å². The highest BCUT2D eigenvalue weighted by Gasteiger charge is 2.22. The highest BCUT2D eigenvalue weighted by atomic mass is 16.6. The first-order valence-electron chi connectivity index (χ1n) is 9.53. The molecule has 30 heavy (non-hydrogen) atoms. The van der Waals surface area contributed by atoms with Gasteiger partial charge in [0.05, 0.1) is 7.11 Å². The molecule has 0 radical (unpaired) electrons. The number of ketones is 1. The summed E-state index contributed by atoms with van der Waals surface area (Å²) in [6, 6.07) is 11.0. The van der Waals surface area contributed by atoms with Crippen LogP contribution in [0.4, 0.5) is 0 Å². The van der Waals surface area contributed by atoms with E-state index in [4.69, 9.17) is 18.9 Å². The lowest BCUT2D eigenvalue weighted by Gasteiger charge is -2.20. The van der Waals surface area contributed by atoms with Crippen molar-refractivity contribution < 1.29 is 28.5 Å². The lowest BCUT2D eigenvalue weighted by molar-refractivity contribution is -0.140. The zero-order chi connectivity index (χ0) is 21.1. The summed E-state index contributed by atoms with van der Waals surface area (Å²) in [6.07, 6.45) is 3.56. The molecule has 0 spiro atoms. The average Bonchev–Trinajstić information content (AvgIpc) is 3.20. The number of methoxy groups -OCH3 is 1. The Hall–Kier alpha value is -3.74. The Morgan fingerprint density at radius 2 is 1.97 bits per heavy atom. The third-order valence-electron chi connectivity index (χ3n) is 4.78. The van der Waals surface area contributed by atoms with Gasteiger partial charge in [0.15, 0.2) is 17.6 Å². The van der Waals surface area contributed by atoms with E-state index in [9.17, 15) is 9.59 Å². The van der Waals surface area contributed by atoms with E-state index in [2.05, 4.69) is 4.98 Å². The molecular formula is C23H21NO6. The van der Waals surface area contributed by atoms with Crippen LogP contribution in [0.1, 0.15) is 22.8 Å². The molecule has 0 amide bonds. The molecule has 0 aliphatic carbocycles. The maximum absolute atomic E-state index is 12.7. The van der Waals surface area contributed by atoms with E-state index < -0.39 is 12.1 Å². The van der Waals surface area contributed by atoms with Crippen molar-refractivity contribution in [3.63, 3.8) is 0 Å². The quantitative estimate of drug-likeness (QED) is 0.380. The number of para-hydroxylation sites is 1. The van der Waals surface area contributed by atoms with E-state index in [0.29, 0.717) is 41.6 Å². The van der Waals surface area contributed by atoms with Crippen LogP contribution in [0, 0.1) is 0 Å².